The fraction of sp³-hybridized carbons (Fsp3) is 0.562. The van der Waals surface area contributed by atoms with E-state index < -0.39 is 0 Å². The quantitative estimate of drug-likeness (QED) is 0.886. The van der Waals surface area contributed by atoms with Gasteiger partial charge in [-0.15, -0.1) is 0 Å². The van der Waals surface area contributed by atoms with E-state index in [1.165, 1.54) is 6.42 Å². The van der Waals surface area contributed by atoms with Crippen LogP contribution in [0.4, 0.5) is 0 Å². The van der Waals surface area contributed by atoms with Crippen LogP contribution in [0.25, 0.3) is 0 Å². The molecule has 0 unspecified atom stereocenters. The summed E-state index contributed by atoms with van der Waals surface area (Å²) in [5.41, 5.74) is 6.37. The summed E-state index contributed by atoms with van der Waals surface area (Å²) in [7, 11) is 0. The Kier molecular flexibility index (Phi) is 5.22. The van der Waals surface area contributed by atoms with Crippen LogP contribution >= 0.6 is 15.9 Å². The largest absolute Gasteiger partial charge is 0.352 e. The van der Waals surface area contributed by atoms with Crippen molar-refractivity contribution in [1.29, 1.82) is 0 Å². The average Bonchev–Trinajstić information content (AvgIpc) is 2.47. The van der Waals surface area contributed by atoms with E-state index in [2.05, 4.69) is 33.4 Å². The highest BCUT2D eigenvalue weighted by Gasteiger charge is 2.41. The molecule has 1 atom stereocenters. The van der Waals surface area contributed by atoms with E-state index in [-0.39, 0.29) is 17.4 Å². The lowest BCUT2D eigenvalue weighted by atomic mass is 9.68. The van der Waals surface area contributed by atoms with Gasteiger partial charge in [-0.2, -0.15) is 0 Å². The van der Waals surface area contributed by atoms with Crippen molar-refractivity contribution in [3.05, 3.63) is 34.3 Å². The Morgan fingerprint density at radius 2 is 2.10 bits per heavy atom. The number of amides is 1. The minimum Gasteiger partial charge on any atom is -0.352 e. The normalized spacial score (nSPS) is 19.4. The second-order valence-electron chi connectivity index (χ2n) is 5.76. The maximum atomic E-state index is 12.8. The van der Waals surface area contributed by atoms with Crippen molar-refractivity contribution in [3.63, 3.8) is 0 Å². The Hall–Kier alpha value is -0.870. The third-order valence-electron chi connectivity index (χ3n) is 4.25. The van der Waals surface area contributed by atoms with Gasteiger partial charge in [-0.1, -0.05) is 47.3 Å². The number of nitrogens with one attached hydrogen (secondary N) is 1. The standard InChI is InChI=1S/C16H23BrN2O/c1-12(11-18)19-15(20)16(8-3-2-4-9-16)13-6-5-7-14(17)10-13/h5-7,10,12H,2-4,8-9,11,18H2,1H3,(H,19,20)/t12-/m0/s1. The Balaban J connectivity index is 2.32. The first-order valence-electron chi connectivity index (χ1n) is 7.35. The molecule has 4 heteroatoms. The molecule has 0 bridgehead atoms. The predicted molar refractivity (Wildman–Crippen MR) is 85.6 cm³/mol. The number of rotatable bonds is 4. The van der Waals surface area contributed by atoms with E-state index in [9.17, 15) is 4.79 Å². The maximum absolute atomic E-state index is 12.8. The van der Waals surface area contributed by atoms with Crippen molar-refractivity contribution >= 4 is 21.8 Å². The molecule has 0 heterocycles. The summed E-state index contributed by atoms with van der Waals surface area (Å²) >= 11 is 3.51. The van der Waals surface area contributed by atoms with Crippen molar-refractivity contribution in [2.75, 3.05) is 6.54 Å². The first-order chi connectivity index (χ1) is 9.58. The van der Waals surface area contributed by atoms with Crippen LogP contribution in [0.15, 0.2) is 28.7 Å². The molecule has 0 radical (unpaired) electrons. The van der Waals surface area contributed by atoms with Crippen LogP contribution in [-0.4, -0.2) is 18.5 Å². The molecule has 1 aliphatic rings. The van der Waals surface area contributed by atoms with Crippen LogP contribution in [0.2, 0.25) is 0 Å². The van der Waals surface area contributed by atoms with Crippen molar-refractivity contribution in [1.82, 2.24) is 5.32 Å². The summed E-state index contributed by atoms with van der Waals surface area (Å²) in [6.07, 6.45) is 5.28. The molecule has 0 aliphatic heterocycles. The zero-order valence-corrected chi connectivity index (χ0v) is 13.6. The first-order valence-corrected chi connectivity index (χ1v) is 8.15. The van der Waals surface area contributed by atoms with Gasteiger partial charge < -0.3 is 11.1 Å². The molecule has 0 saturated heterocycles. The van der Waals surface area contributed by atoms with Gasteiger partial charge in [-0.3, -0.25) is 4.79 Å². The van der Waals surface area contributed by atoms with Crippen LogP contribution in [0.5, 0.6) is 0 Å². The van der Waals surface area contributed by atoms with Gasteiger partial charge in [0.25, 0.3) is 0 Å². The predicted octanol–water partition coefficient (Wildman–Crippen LogP) is 3.11. The van der Waals surface area contributed by atoms with Gasteiger partial charge in [0.2, 0.25) is 5.91 Å². The lowest BCUT2D eigenvalue weighted by Gasteiger charge is -2.37. The number of carbonyl (C=O) groups excluding carboxylic acids is 1. The van der Waals surface area contributed by atoms with Crippen LogP contribution in [0.1, 0.15) is 44.6 Å². The fourth-order valence-electron chi connectivity index (χ4n) is 3.01. The van der Waals surface area contributed by atoms with Gasteiger partial charge in [0.05, 0.1) is 5.41 Å². The number of nitrogens with two attached hydrogens (primary N) is 1. The molecular weight excluding hydrogens is 316 g/mol. The molecule has 2 rings (SSSR count). The molecule has 0 aromatic heterocycles. The van der Waals surface area contributed by atoms with Crippen LogP contribution in [-0.2, 0) is 10.2 Å². The van der Waals surface area contributed by atoms with Crippen molar-refractivity contribution in [3.8, 4) is 0 Å². The summed E-state index contributed by atoms with van der Waals surface area (Å²) in [4.78, 5) is 12.8. The molecule has 20 heavy (non-hydrogen) atoms. The van der Waals surface area contributed by atoms with Gasteiger partial charge in [0, 0.05) is 17.1 Å². The SMILES string of the molecule is C[C@@H](CN)NC(=O)C1(c2cccc(Br)c2)CCCCC1. The second kappa shape index (κ2) is 6.72. The van der Waals surface area contributed by atoms with Gasteiger partial charge >= 0.3 is 0 Å². The summed E-state index contributed by atoms with van der Waals surface area (Å²) in [5, 5.41) is 3.08. The van der Waals surface area contributed by atoms with Crippen molar-refractivity contribution in [2.45, 2.75) is 50.5 Å². The Morgan fingerprint density at radius 1 is 1.40 bits per heavy atom. The van der Waals surface area contributed by atoms with E-state index in [1.54, 1.807) is 0 Å². The molecule has 1 aromatic carbocycles. The lowest BCUT2D eigenvalue weighted by molar-refractivity contribution is -0.128. The summed E-state index contributed by atoms with van der Waals surface area (Å²) in [6.45, 7) is 2.43. The third-order valence-corrected chi connectivity index (χ3v) is 4.74. The zero-order valence-electron chi connectivity index (χ0n) is 12.0. The number of halogens is 1. The topological polar surface area (TPSA) is 55.1 Å². The highest BCUT2D eigenvalue weighted by atomic mass is 79.9. The second-order valence-corrected chi connectivity index (χ2v) is 6.68. The Morgan fingerprint density at radius 3 is 2.70 bits per heavy atom. The van der Waals surface area contributed by atoms with Gasteiger partial charge in [-0.25, -0.2) is 0 Å². The molecule has 3 N–H and O–H groups in total. The molecule has 110 valence electrons. The van der Waals surface area contributed by atoms with E-state index in [0.29, 0.717) is 6.54 Å². The average molecular weight is 339 g/mol. The highest BCUT2D eigenvalue weighted by molar-refractivity contribution is 9.10. The molecule has 1 fully saturated rings. The highest BCUT2D eigenvalue weighted by Crippen LogP contribution is 2.40. The smallest absolute Gasteiger partial charge is 0.230 e. The fourth-order valence-corrected chi connectivity index (χ4v) is 3.41. The van der Waals surface area contributed by atoms with E-state index >= 15 is 0 Å². The number of hydrogen-bond acceptors (Lipinski definition) is 2. The van der Waals surface area contributed by atoms with E-state index in [0.717, 1.165) is 35.7 Å². The summed E-state index contributed by atoms with van der Waals surface area (Å²) < 4.78 is 1.03. The van der Waals surface area contributed by atoms with E-state index in [4.69, 9.17) is 5.73 Å². The van der Waals surface area contributed by atoms with Crippen LogP contribution in [0.3, 0.4) is 0 Å². The van der Waals surface area contributed by atoms with Gasteiger partial charge in [-0.05, 0) is 37.5 Å². The number of benzene rings is 1. The lowest BCUT2D eigenvalue weighted by Crippen LogP contribution is -2.50. The molecule has 3 nitrogen and oxygen atoms in total. The molecule has 1 amide bonds. The number of carbonyl (C=O) groups is 1. The Labute approximate surface area is 129 Å². The van der Waals surface area contributed by atoms with Gasteiger partial charge in [0.1, 0.15) is 0 Å². The summed E-state index contributed by atoms with van der Waals surface area (Å²) in [5.74, 6) is 0.133. The molecule has 1 saturated carbocycles. The van der Waals surface area contributed by atoms with Crippen LogP contribution < -0.4 is 11.1 Å². The monoisotopic (exact) mass is 338 g/mol. The minimum atomic E-state index is -0.383. The summed E-state index contributed by atoms with van der Waals surface area (Å²) in [6, 6.07) is 8.19. The first kappa shape index (κ1) is 15.5. The van der Waals surface area contributed by atoms with Gasteiger partial charge in [0.15, 0.2) is 0 Å². The van der Waals surface area contributed by atoms with Crippen LogP contribution in [0, 0.1) is 0 Å². The zero-order chi connectivity index (χ0) is 14.6. The van der Waals surface area contributed by atoms with Crippen molar-refractivity contribution < 1.29 is 4.79 Å². The Bertz CT molecular complexity index is 469. The van der Waals surface area contributed by atoms with E-state index in [1.807, 2.05) is 19.1 Å². The minimum absolute atomic E-state index is 0.0217. The number of hydrogen-bond donors (Lipinski definition) is 2. The molecular formula is C16H23BrN2O. The third kappa shape index (κ3) is 3.23. The molecule has 1 aromatic rings. The molecule has 1 aliphatic carbocycles. The molecule has 0 spiro atoms. The van der Waals surface area contributed by atoms with Crippen molar-refractivity contribution in [2.24, 2.45) is 5.73 Å². The maximum Gasteiger partial charge on any atom is 0.230 e.